The number of para-hydroxylation sites is 1. The molecule has 5 rings (SSSR count). The zero-order valence-corrected chi connectivity index (χ0v) is 19.9. The number of pyridine rings is 1. The van der Waals surface area contributed by atoms with Gasteiger partial charge in [0.2, 0.25) is 0 Å². The zero-order valence-electron chi connectivity index (χ0n) is 19.1. The molecule has 8 heteroatoms. The average Bonchev–Trinajstić information content (AvgIpc) is 3.43. The first kappa shape index (κ1) is 22.7. The fourth-order valence-corrected chi connectivity index (χ4v) is 5.88. The van der Waals surface area contributed by atoms with Crippen LogP contribution in [0.2, 0.25) is 0 Å². The highest BCUT2D eigenvalue weighted by Gasteiger charge is 2.27. The van der Waals surface area contributed by atoms with Crippen molar-refractivity contribution in [1.82, 2.24) is 4.98 Å². The molecule has 0 atom stereocenters. The molecule has 0 aliphatic heterocycles. The normalized spacial score (nSPS) is 12.4. The van der Waals surface area contributed by atoms with E-state index in [1.54, 1.807) is 0 Å². The fourth-order valence-electron chi connectivity index (χ4n) is 4.57. The van der Waals surface area contributed by atoms with Gasteiger partial charge in [-0.05, 0) is 43.4 Å². The predicted molar refractivity (Wildman–Crippen MR) is 136 cm³/mol. The van der Waals surface area contributed by atoms with E-state index in [0.29, 0.717) is 38.3 Å². The Bertz CT molecular complexity index is 1480. The van der Waals surface area contributed by atoms with Crippen molar-refractivity contribution in [2.24, 2.45) is 5.73 Å². The number of carbonyl (C=O) groups is 3. The van der Waals surface area contributed by atoms with E-state index in [9.17, 15) is 14.4 Å². The summed E-state index contributed by atoms with van der Waals surface area (Å²) in [6.07, 6.45) is 2.61. The van der Waals surface area contributed by atoms with Gasteiger partial charge in [-0.2, -0.15) is 0 Å². The van der Waals surface area contributed by atoms with Gasteiger partial charge in [0.1, 0.15) is 5.00 Å². The Morgan fingerprint density at radius 2 is 1.77 bits per heavy atom. The molecule has 2 aromatic carbocycles. The van der Waals surface area contributed by atoms with Crippen LogP contribution >= 0.6 is 11.3 Å². The van der Waals surface area contributed by atoms with Crippen LogP contribution in [0.15, 0.2) is 54.6 Å². The van der Waals surface area contributed by atoms with Gasteiger partial charge < -0.3 is 15.8 Å². The van der Waals surface area contributed by atoms with Crippen LogP contribution in [0.4, 0.5) is 5.00 Å². The van der Waals surface area contributed by atoms with Crippen LogP contribution in [0.1, 0.15) is 43.1 Å². The number of thiophene rings is 1. The van der Waals surface area contributed by atoms with Gasteiger partial charge in [-0.15, -0.1) is 11.3 Å². The fraction of sp³-hybridized carbons (Fsp3) is 0.185. The molecule has 2 heterocycles. The Hall–Kier alpha value is -4.04. The Kier molecular flexibility index (Phi) is 6.05. The van der Waals surface area contributed by atoms with Crippen molar-refractivity contribution in [3.8, 4) is 11.3 Å². The first-order valence-electron chi connectivity index (χ1n) is 11.3. The summed E-state index contributed by atoms with van der Waals surface area (Å²) < 4.78 is 5.43. The predicted octanol–water partition coefficient (Wildman–Crippen LogP) is 4.65. The molecule has 4 aromatic rings. The molecule has 0 saturated heterocycles. The number of hydrogen-bond acceptors (Lipinski definition) is 6. The molecule has 35 heavy (non-hydrogen) atoms. The van der Waals surface area contributed by atoms with Crippen molar-refractivity contribution in [1.29, 1.82) is 0 Å². The van der Waals surface area contributed by atoms with Crippen molar-refractivity contribution < 1.29 is 19.1 Å². The molecule has 0 unspecified atom stereocenters. The van der Waals surface area contributed by atoms with Crippen LogP contribution in [0.3, 0.4) is 0 Å². The van der Waals surface area contributed by atoms with E-state index in [2.05, 4.69) is 5.32 Å². The number of amides is 2. The van der Waals surface area contributed by atoms with E-state index in [-0.39, 0.29) is 0 Å². The second-order valence-corrected chi connectivity index (χ2v) is 9.50. The summed E-state index contributed by atoms with van der Waals surface area (Å²) in [5.41, 5.74) is 10.1. The summed E-state index contributed by atoms with van der Waals surface area (Å²) in [7, 11) is 0. The van der Waals surface area contributed by atoms with Crippen molar-refractivity contribution >= 4 is 45.0 Å². The van der Waals surface area contributed by atoms with Gasteiger partial charge in [0.25, 0.3) is 11.8 Å². The minimum Gasteiger partial charge on any atom is -0.452 e. The summed E-state index contributed by atoms with van der Waals surface area (Å²) in [6.45, 7) is 1.33. The lowest BCUT2D eigenvalue weighted by Gasteiger charge is -2.14. The first-order chi connectivity index (χ1) is 16.9. The highest BCUT2D eigenvalue weighted by molar-refractivity contribution is 7.17. The van der Waals surface area contributed by atoms with Gasteiger partial charge >= 0.3 is 5.97 Å². The number of rotatable bonds is 6. The maximum absolute atomic E-state index is 13.2. The molecule has 7 nitrogen and oxygen atoms in total. The van der Waals surface area contributed by atoms with Gasteiger partial charge in [0.15, 0.2) is 6.61 Å². The number of anilines is 1. The van der Waals surface area contributed by atoms with Gasteiger partial charge in [-0.1, -0.05) is 48.5 Å². The molecule has 0 saturated carbocycles. The molecule has 0 bridgehead atoms. The number of primary amides is 1. The summed E-state index contributed by atoms with van der Waals surface area (Å²) in [6, 6.07) is 16.9. The number of esters is 1. The van der Waals surface area contributed by atoms with Gasteiger partial charge in [0, 0.05) is 15.8 Å². The van der Waals surface area contributed by atoms with Crippen LogP contribution < -0.4 is 11.1 Å². The van der Waals surface area contributed by atoms with Gasteiger partial charge in [-0.25, -0.2) is 9.78 Å². The van der Waals surface area contributed by atoms with Crippen molar-refractivity contribution in [3.63, 3.8) is 0 Å². The molecule has 2 amide bonds. The molecule has 0 fully saturated rings. The number of carbonyl (C=O) groups excluding carboxylic acids is 3. The quantitative estimate of drug-likeness (QED) is 0.386. The number of hydrogen-bond donors (Lipinski definition) is 2. The highest BCUT2D eigenvalue weighted by Crippen LogP contribution is 2.38. The standard InChI is InChI=1S/C27H23N3O4S/c1-15-22(17-10-5-6-12-19(17)29-24(15)16-8-3-2-4-9-16)27(33)34-14-21(31)30-26-23(25(28)32)18-11-7-13-20(18)35-26/h2-6,8-10,12H,7,11,13-14H2,1H3,(H2,28,32)(H,30,31). The topological polar surface area (TPSA) is 111 Å². The van der Waals surface area contributed by atoms with E-state index in [1.807, 2.05) is 61.5 Å². The molecule has 176 valence electrons. The number of nitrogens with two attached hydrogens (primary N) is 1. The summed E-state index contributed by atoms with van der Waals surface area (Å²) in [5.74, 6) is -1.71. The second kappa shape index (κ2) is 9.31. The van der Waals surface area contributed by atoms with Crippen molar-refractivity contribution in [2.45, 2.75) is 26.2 Å². The van der Waals surface area contributed by atoms with Crippen LogP contribution in [-0.4, -0.2) is 29.4 Å². The molecule has 0 radical (unpaired) electrons. The number of ether oxygens (including phenoxy) is 1. The Balaban J connectivity index is 1.39. The molecular weight excluding hydrogens is 462 g/mol. The van der Waals surface area contributed by atoms with Crippen molar-refractivity contribution in [2.75, 3.05) is 11.9 Å². The van der Waals surface area contributed by atoms with Gasteiger partial charge in [-0.3, -0.25) is 9.59 Å². The maximum atomic E-state index is 13.2. The lowest BCUT2D eigenvalue weighted by molar-refractivity contribution is -0.119. The SMILES string of the molecule is Cc1c(-c2ccccc2)nc2ccccc2c1C(=O)OCC(=O)Nc1sc2c(c1C(N)=O)CCC2. The third kappa shape index (κ3) is 4.28. The minimum atomic E-state index is -0.614. The van der Waals surface area contributed by atoms with E-state index >= 15 is 0 Å². The smallest absolute Gasteiger partial charge is 0.339 e. The van der Waals surface area contributed by atoms with E-state index in [4.69, 9.17) is 15.5 Å². The minimum absolute atomic E-state index is 0.366. The first-order valence-corrected chi connectivity index (χ1v) is 12.1. The Morgan fingerprint density at radius 3 is 2.54 bits per heavy atom. The number of aromatic nitrogens is 1. The number of benzene rings is 2. The number of nitrogens with one attached hydrogen (secondary N) is 1. The van der Waals surface area contributed by atoms with E-state index in [1.165, 1.54) is 11.3 Å². The summed E-state index contributed by atoms with van der Waals surface area (Å²) in [4.78, 5) is 43.6. The number of fused-ring (bicyclic) bond motifs is 2. The Morgan fingerprint density at radius 1 is 1.03 bits per heavy atom. The van der Waals surface area contributed by atoms with Crippen LogP contribution in [-0.2, 0) is 22.4 Å². The monoisotopic (exact) mass is 485 g/mol. The molecule has 0 spiro atoms. The summed E-state index contributed by atoms with van der Waals surface area (Å²) in [5, 5.41) is 3.78. The Labute approximate surface area is 205 Å². The largest absolute Gasteiger partial charge is 0.452 e. The molecule has 2 aromatic heterocycles. The molecule has 1 aliphatic rings. The maximum Gasteiger partial charge on any atom is 0.339 e. The van der Waals surface area contributed by atoms with Gasteiger partial charge in [0.05, 0.1) is 22.3 Å². The second-order valence-electron chi connectivity index (χ2n) is 8.39. The average molecular weight is 486 g/mol. The zero-order chi connectivity index (χ0) is 24.5. The highest BCUT2D eigenvalue weighted by atomic mass is 32.1. The molecular formula is C27H23N3O4S. The van der Waals surface area contributed by atoms with Crippen LogP contribution in [0.5, 0.6) is 0 Å². The summed E-state index contributed by atoms with van der Waals surface area (Å²) >= 11 is 1.36. The number of aryl methyl sites for hydroxylation is 1. The third-order valence-corrected chi connectivity index (χ3v) is 7.35. The third-order valence-electron chi connectivity index (χ3n) is 6.14. The van der Waals surface area contributed by atoms with E-state index in [0.717, 1.165) is 35.3 Å². The lowest BCUT2D eigenvalue weighted by Crippen LogP contribution is -2.23. The van der Waals surface area contributed by atoms with E-state index < -0.39 is 24.4 Å². The molecule has 3 N–H and O–H groups in total. The lowest BCUT2D eigenvalue weighted by atomic mass is 9.98. The van der Waals surface area contributed by atoms with Crippen LogP contribution in [0.25, 0.3) is 22.2 Å². The van der Waals surface area contributed by atoms with Crippen LogP contribution in [0, 0.1) is 6.92 Å². The molecule has 1 aliphatic carbocycles. The number of nitrogens with zero attached hydrogens (tertiary/aromatic N) is 1. The van der Waals surface area contributed by atoms with Crippen molar-refractivity contribution in [3.05, 3.63) is 81.7 Å².